The number of urea groups is 1. The first kappa shape index (κ1) is 20.0. The molecule has 26 heavy (non-hydrogen) atoms. The quantitative estimate of drug-likeness (QED) is 0.411. The van der Waals surface area contributed by atoms with Crippen molar-refractivity contribution in [3.8, 4) is 0 Å². The third kappa shape index (κ3) is 4.43. The summed E-state index contributed by atoms with van der Waals surface area (Å²) < 4.78 is 0. The molecule has 0 aliphatic carbocycles. The molecule has 0 saturated carbocycles. The summed E-state index contributed by atoms with van der Waals surface area (Å²) in [6, 6.07) is 7.06. The number of hydrogen-bond donors (Lipinski definition) is 0. The van der Waals surface area contributed by atoms with Crippen molar-refractivity contribution in [2.45, 2.75) is 25.3 Å². The lowest BCUT2D eigenvalue weighted by Crippen LogP contribution is -2.42. The van der Waals surface area contributed by atoms with Crippen molar-refractivity contribution in [2.24, 2.45) is 5.92 Å². The lowest BCUT2D eigenvalue weighted by Gasteiger charge is -2.21. The molecule has 7 nitrogen and oxygen atoms in total. The standard InChI is InChI=1S/C18H23N3O4S/c1-12(2)9-20-16(23)17(24)21(18(20)25)11-15(22)19(3)10-13-5-7-14(26-4)8-6-13/h5-8,12H,9-11H2,1-4H3. The van der Waals surface area contributed by atoms with E-state index in [1.807, 2.05) is 44.4 Å². The van der Waals surface area contributed by atoms with Crippen molar-refractivity contribution in [3.63, 3.8) is 0 Å². The SMILES string of the molecule is CSc1ccc(CN(C)C(=O)CN2C(=O)C(=O)N(CC(C)C)C2=O)cc1. The lowest BCUT2D eigenvalue weighted by molar-refractivity contribution is -0.144. The second kappa shape index (κ2) is 8.35. The number of likely N-dealkylation sites (N-methyl/N-ethyl adjacent to an activating group) is 1. The minimum absolute atomic E-state index is 0.0401. The molecule has 0 radical (unpaired) electrons. The summed E-state index contributed by atoms with van der Waals surface area (Å²) in [6.45, 7) is 3.76. The normalized spacial score (nSPS) is 14.6. The molecule has 0 atom stereocenters. The summed E-state index contributed by atoms with van der Waals surface area (Å²) in [6.07, 6.45) is 1.98. The Morgan fingerprint density at radius 1 is 1.08 bits per heavy atom. The average molecular weight is 377 g/mol. The smallest absolute Gasteiger partial charge is 0.334 e. The predicted molar refractivity (Wildman–Crippen MR) is 98.4 cm³/mol. The van der Waals surface area contributed by atoms with Crippen molar-refractivity contribution in [1.82, 2.24) is 14.7 Å². The number of benzene rings is 1. The first-order chi connectivity index (χ1) is 12.2. The summed E-state index contributed by atoms with van der Waals surface area (Å²) >= 11 is 1.63. The summed E-state index contributed by atoms with van der Waals surface area (Å²) in [4.78, 5) is 52.9. The highest BCUT2D eigenvalue weighted by Gasteiger charge is 2.45. The van der Waals surface area contributed by atoms with Gasteiger partial charge < -0.3 is 4.90 Å². The number of thioether (sulfide) groups is 1. The van der Waals surface area contributed by atoms with Crippen LogP contribution in [0.25, 0.3) is 0 Å². The van der Waals surface area contributed by atoms with E-state index in [4.69, 9.17) is 0 Å². The summed E-state index contributed by atoms with van der Waals surface area (Å²) in [5.41, 5.74) is 0.940. The third-order valence-electron chi connectivity index (χ3n) is 3.98. The van der Waals surface area contributed by atoms with Gasteiger partial charge in [-0.25, -0.2) is 9.69 Å². The maximum Gasteiger partial charge on any atom is 0.334 e. The van der Waals surface area contributed by atoms with E-state index >= 15 is 0 Å². The van der Waals surface area contributed by atoms with Gasteiger partial charge in [0.25, 0.3) is 0 Å². The molecule has 0 aromatic heterocycles. The summed E-state index contributed by atoms with van der Waals surface area (Å²) in [5, 5.41) is 0. The first-order valence-corrected chi connectivity index (χ1v) is 9.51. The van der Waals surface area contributed by atoms with Crippen LogP contribution in [-0.4, -0.2) is 64.8 Å². The van der Waals surface area contributed by atoms with Gasteiger partial charge in [0.1, 0.15) is 6.54 Å². The molecule has 1 aromatic carbocycles. The Labute approximate surface area is 157 Å². The Bertz CT molecular complexity index is 718. The molecule has 8 heteroatoms. The fraction of sp³-hybridized carbons (Fsp3) is 0.444. The summed E-state index contributed by atoms with van der Waals surface area (Å²) in [5.74, 6) is -2.17. The lowest BCUT2D eigenvalue weighted by atomic mass is 10.2. The second-order valence-electron chi connectivity index (χ2n) is 6.58. The number of carbonyl (C=O) groups is 4. The molecule has 0 N–H and O–H groups in total. The van der Waals surface area contributed by atoms with E-state index in [2.05, 4.69) is 0 Å². The fourth-order valence-electron chi connectivity index (χ4n) is 2.56. The molecule has 1 aliphatic heterocycles. The third-order valence-corrected chi connectivity index (χ3v) is 4.72. The molecule has 0 bridgehead atoms. The molecule has 0 unspecified atom stereocenters. The van der Waals surface area contributed by atoms with Crippen LogP contribution in [-0.2, 0) is 20.9 Å². The van der Waals surface area contributed by atoms with Crippen molar-refractivity contribution >= 4 is 35.5 Å². The molecule has 1 aromatic rings. The zero-order chi connectivity index (χ0) is 19.4. The van der Waals surface area contributed by atoms with Gasteiger partial charge in [0, 0.05) is 25.0 Å². The van der Waals surface area contributed by atoms with Crippen molar-refractivity contribution in [1.29, 1.82) is 0 Å². The minimum Gasteiger partial charge on any atom is -0.340 e. The molecule has 5 amide bonds. The Morgan fingerprint density at radius 3 is 2.19 bits per heavy atom. The van der Waals surface area contributed by atoms with Gasteiger partial charge in [0.2, 0.25) is 5.91 Å². The van der Waals surface area contributed by atoms with Crippen LogP contribution in [0, 0.1) is 5.92 Å². The molecule has 1 fully saturated rings. The van der Waals surface area contributed by atoms with E-state index in [-0.39, 0.29) is 12.5 Å². The van der Waals surface area contributed by atoms with Gasteiger partial charge in [-0.15, -0.1) is 11.8 Å². The average Bonchev–Trinajstić information content (AvgIpc) is 2.80. The number of nitrogens with zero attached hydrogens (tertiary/aromatic N) is 3. The molecule has 0 spiro atoms. The summed E-state index contributed by atoms with van der Waals surface area (Å²) in [7, 11) is 1.60. The van der Waals surface area contributed by atoms with Gasteiger partial charge in [-0.05, 0) is 29.9 Å². The van der Waals surface area contributed by atoms with Gasteiger partial charge in [0.05, 0.1) is 0 Å². The highest BCUT2D eigenvalue weighted by Crippen LogP contribution is 2.17. The van der Waals surface area contributed by atoms with Crippen LogP contribution < -0.4 is 0 Å². The van der Waals surface area contributed by atoms with Crippen molar-refractivity contribution < 1.29 is 19.2 Å². The molecule has 1 aliphatic rings. The molecular weight excluding hydrogens is 354 g/mol. The predicted octanol–water partition coefficient (Wildman–Crippen LogP) is 1.81. The molecule has 1 saturated heterocycles. The second-order valence-corrected chi connectivity index (χ2v) is 7.46. The number of imide groups is 2. The van der Waals surface area contributed by atoms with Gasteiger partial charge in [-0.1, -0.05) is 26.0 Å². The number of hydrogen-bond acceptors (Lipinski definition) is 5. The minimum atomic E-state index is -0.943. The van der Waals surface area contributed by atoms with Gasteiger partial charge in [-0.2, -0.15) is 0 Å². The fourth-order valence-corrected chi connectivity index (χ4v) is 2.97. The largest absolute Gasteiger partial charge is 0.340 e. The Hall–Kier alpha value is -2.35. The van der Waals surface area contributed by atoms with Crippen molar-refractivity contribution in [2.75, 3.05) is 26.4 Å². The van der Waals surface area contributed by atoms with Crippen LogP contribution in [0.5, 0.6) is 0 Å². The Balaban J connectivity index is 2.00. The Kier molecular flexibility index (Phi) is 6.42. The van der Waals surface area contributed by atoms with Crippen LogP contribution in [0.15, 0.2) is 29.2 Å². The topological polar surface area (TPSA) is 78.0 Å². The Morgan fingerprint density at radius 2 is 1.65 bits per heavy atom. The van der Waals surface area contributed by atoms with Gasteiger partial charge in [0.15, 0.2) is 0 Å². The highest BCUT2D eigenvalue weighted by atomic mass is 32.2. The van der Waals surface area contributed by atoms with E-state index in [0.29, 0.717) is 6.54 Å². The molecule has 1 heterocycles. The van der Waals surface area contributed by atoms with E-state index in [1.165, 1.54) is 4.90 Å². The van der Waals surface area contributed by atoms with Crippen LogP contribution >= 0.6 is 11.8 Å². The monoisotopic (exact) mass is 377 g/mol. The first-order valence-electron chi connectivity index (χ1n) is 8.28. The van der Waals surface area contributed by atoms with E-state index in [0.717, 1.165) is 20.3 Å². The number of amides is 5. The van der Waals surface area contributed by atoms with Crippen molar-refractivity contribution in [3.05, 3.63) is 29.8 Å². The zero-order valence-electron chi connectivity index (χ0n) is 15.4. The van der Waals surface area contributed by atoms with Gasteiger partial charge >= 0.3 is 17.8 Å². The highest BCUT2D eigenvalue weighted by molar-refractivity contribution is 7.98. The zero-order valence-corrected chi connectivity index (χ0v) is 16.2. The maximum absolute atomic E-state index is 12.4. The van der Waals surface area contributed by atoms with Crippen LogP contribution in [0.4, 0.5) is 4.79 Å². The van der Waals surface area contributed by atoms with Gasteiger partial charge in [-0.3, -0.25) is 19.3 Å². The van der Waals surface area contributed by atoms with Crippen LogP contribution in [0.2, 0.25) is 0 Å². The van der Waals surface area contributed by atoms with E-state index < -0.39 is 30.3 Å². The maximum atomic E-state index is 12.4. The van der Waals surface area contributed by atoms with E-state index in [9.17, 15) is 19.2 Å². The van der Waals surface area contributed by atoms with E-state index in [1.54, 1.807) is 18.8 Å². The van der Waals surface area contributed by atoms with Crippen LogP contribution in [0.3, 0.4) is 0 Å². The molecule has 2 rings (SSSR count). The number of carbonyl (C=O) groups excluding carboxylic acids is 4. The molecular formula is C18H23N3O4S. The van der Waals surface area contributed by atoms with Crippen LogP contribution in [0.1, 0.15) is 19.4 Å². The molecule has 140 valence electrons. The number of rotatable bonds is 7.